The first-order chi connectivity index (χ1) is 10.3. The molecule has 1 atom stereocenters. The van der Waals surface area contributed by atoms with E-state index in [2.05, 4.69) is 0 Å². The number of rotatable bonds is 5. The SMILES string of the molecule is COCC1(C(N)=O)CCCN1S(=O)(=O)c1cccc(F)c1C. The van der Waals surface area contributed by atoms with E-state index in [1.165, 1.54) is 32.2 Å². The van der Waals surface area contributed by atoms with Crippen LogP contribution in [0.1, 0.15) is 18.4 Å². The van der Waals surface area contributed by atoms with Gasteiger partial charge < -0.3 is 10.5 Å². The van der Waals surface area contributed by atoms with E-state index in [-0.39, 0.29) is 30.0 Å². The number of amides is 1. The minimum absolute atomic E-state index is 0.0187. The lowest BCUT2D eigenvalue weighted by atomic mass is 9.98. The first-order valence-corrected chi connectivity index (χ1v) is 8.28. The standard InChI is InChI=1S/C14H19FN2O4S/c1-10-11(15)5-3-6-12(10)22(19,20)17-8-4-7-14(17,9-21-2)13(16)18/h3,5-6H,4,7-9H2,1-2H3,(H2,16,18). The van der Waals surface area contributed by atoms with Crippen LogP contribution < -0.4 is 5.73 Å². The lowest BCUT2D eigenvalue weighted by molar-refractivity contribution is -0.128. The Balaban J connectivity index is 2.57. The molecule has 0 saturated carbocycles. The molecule has 2 rings (SSSR count). The van der Waals surface area contributed by atoms with Crippen molar-refractivity contribution in [3.8, 4) is 0 Å². The maximum absolute atomic E-state index is 13.7. The van der Waals surface area contributed by atoms with Gasteiger partial charge in [0.25, 0.3) is 0 Å². The number of sulfonamides is 1. The minimum atomic E-state index is -4.05. The van der Waals surface area contributed by atoms with Crippen molar-refractivity contribution < 1.29 is 22.3 Å². The van der Waals surface area contributed by atoms with E-state index < -0.39 is 27.3 Å². The third-order valence-corrected chi connectivity index (χ3v) is 6.17. The van der Waals surface area contributed by atoms with Crippen LogP contribution in [0.5, 0.6) is 0 Å². The fraction of sp³-hybridized carbons (Fsp3) is 0.500. The second-order valence-electron chi connectivity index (χ2n) is 5.37. The van der Waals surface area contributed by atoms with Crippen LogP contribution >= 0.6 is 0 Å². The molecule has 1 aromatic rings. The number of ether oxygens (including phenoxy) is 1. The van der Waals surface area contributed by atoms with Crippen LogP contribution in [-0.2, 0) is 19.6 Å². The molecule has 1 unspecified atom stereocenters. The first kappa shape index (κ1) is 16.9. The van der Waals surface area contributed by atoms with Crippen molar-refractivity contribution in [3.63, 3.8) is 0 Å². The molecule has 8 heteroatoms. The van der Waals surface area contributed by atoms with Gasteiger partial charge in [0.15, 0.2) is 0 Å². The molecule has 22 heavy (non-hydrogen) atoms. The van der Waals surface area contributed by atoms with E-state index in [0.717, 1.165) is 4.31 Å². The van der Waals surface area contributed by atoms with Crippen molar-refractivity contribution in [1.29, 1.82) is 0 Å². The molecule has 1 heterocycles. The minimum Gasteiger partial charge on any atom is -0.382 e. The van der Waals surface area contributed by atoms with E-state index in [1.54, 1.807) is 0 Å². The van der Waals surface area contributed by atoms with Gasteiger partial charge in [0.2, 0.25) is 15.9 Å². The van der Waals surface area contributed by atoms with Gasteiger partial charge in [-0.1, -0.05) is 6.07 Å². The van der Waals surface area contributed by atoms with Crippen molar-refractivity contribution in [2.24, 2.45) is 5.73 Å². The molecule has 0 spiro atoms. The van der Waals surface area contributed by atoms with Crippen molar-refractivity contribution in [3.05, 3.63) is 29.6 Å². The van der Waals surface area contributed by atoms with E-state index in [1.807, 2.05) is 0 Å². The first-order valence-electron chi connectivity index (χ1n) is 6.84. The molecule has 0 aliphatic carbocycles. The van der Waals surface area contributed by atoms with Gasteiger partial charge in [-0.3, -0.25) is 4.79 Å². The monoisotopic (exact) mass is 330 g/mol. The van der Waals surface area contributed by atoms with Gasteiger partial charge in [0.05, 0.1) is 11.5 Å². The Bertz CT molecular complexity index is 692. The Hall–Kier alpha value is -1.51. The second kappa shape index (κ2) is 5.94. The summed E-state index contributed by atoms with van der Waals surface area (Å²) in [4.78, 5) is 11.8. The summed E-state index contributed by atoms with van der Waals surface area (Å²) >= 11 is 0. The van der Waals surface area contributed by atoms with Crippen molar-refractivity contribution in [2.45, 2.75) is 30.2 Å². The Labute approximate surface area is 129 Å². The highest BCUT2D eigenvalue weighted by molar-refractivity contribution is 7.89. The quantitative estimate of drug-likeness (QED) is 0.864. The number of nitrogens with zero attached hydrogens (tertiary/aromatic N) is 1. The van der Waals surface area contributed by atoms with E-state index in [4.69, 9.17) is 10.5 Å². The molecule has 2 N–H and O–H groups in total. The maximum Gasteiger partial charge on any atom is 0.244 e. The van der Waals surface area contributed by atoms with Crippen LogP contribution in [-0.4, -0.2) is 44.4 Å². The molecular formula is C14H19FN2O4S. The van der Waals surface area contributed by atoms with E-state index in [9.17, 15) is 17.6 Å². The van der Waals surface area contributed by atoms with Crippen molar-refractivity contribution in [1.82, 2.24) is 4.31 Å². The van der Waals surface area contributed by atoms with Gasteiger partial charge in [-0.15, -0.1) is 0 Å². The summed E-state index contributed by atoms with van der Waals surface area (Å²) < 4.78 is 45.6. The number of nitrogens with two attached hydrogens (primary N) is 1. The molecule has 1 aliphatic rings. The van der Waals surface area contributed by atoms with Crippen LogP contribution in [0.2, 0.25) is 0 Å². The average molecular weight is 330 g/mol. The Morgan fingerprint density at radius 1 is 1.50 bits per heavy atom. The van der Waals surface area contributed by atoms with Gasteiger partial charge in [0, 0.05) is 19.2 Å². The van der Waals surface area contributed by atoms with E-state index in [0.29, 0.717) is 6.42 Å². The Morgan fingerprint density at radius 2 is 2.18 bits per heavy atom. The predicted molar refractivity (Wildman–Crippen MR) is 78.1 cm³/mol. The topological polar surface area (TPSA) is 89.7 Å². The van der Waals surface area contributed by atoms with Crippen LogP contribution in [0.15, 0.2) is 23.1 Å². The zero-order valence-electron chi connectivity index (χ0n) is 12.5. The van der Waals surface area contributed by atoms with Gasteiger partial charge in [0.1, 0.15) is 11.4 Å². The number of hydrogen-bond acceptors (Lipinski definition) is 4. The second-order valence-corrected chi connectivity index (χ2v) is 7.20. The highest BCUT2D eigenvalue weighted by atomic mass is 32.2. The molecular weight excluding hydrogens is 311 g/mol. The smallest absolute Gasteiger partial charge is 0.244 e. The summed E-state index contributed by atoms with van der Waals surface area (Å²) in [7, 11) is -2.68. The largest absolute Gasteiger partial charge is 0.382 e. The molecule has 6 nitrogen and oxygen atoms in total. The van der Waals surface area contributed by atoms with Gasteiger partial charge >= 0.3 is 0 Å². The number of benzene rings is 1. The lowest BCUT2D eigenvalue weighted by Gasteiger charge is -2.34. The Kier molecular flexibility index (Phi) is 4.55. The summed E-state index contributed by atoms with van der Waals surface area (Å²) in [5, 5.41) is 0. The van der Waals surface area contributed by atoms with Gasteiger partial charge in [-0.05, 0) is 31.9 Å². The number of hydrogen-bond donors (Lipinski definition) is 1. The highest BCUT2D eigenvalue weighted by Crippen LogP contribution is 2.36. The summed E-state index contributed by atoms with van der Waals surface area (Å²) in [5.74, 6) is -1.37. The molecule has 0 radical (unpaired) electrons. The van der Waals surface area contributed by atoms with E-state index >= 15 is 0 Å². The fourth-order valence-corrected chi connectivity index (χ4v) is 4.93. The predicted octanol–water partition coefficient (Wildman–Crippen LogP) is 0.789. The number of halogens is 1. The molecule has 1 saturated heterocycles. The molecule has 1 aromatic carbocycles. The zero-order valence-corrected chi connectivity index (χ0v) is 13.3. The fourth-order valence-electron chi connectivity index (χ4n) is 2.89. The third-order valence-electron chi connectivity index (χ3n) is 4.06. The van der Waals surface area contributed by atoms with Crippen molar-refractivity contribution >= 4 is 15.9 Å². The van der Waals surface area contributed by atoms with Crippen LogP contribution in [0.4, 0.5) is 4.39 Å². The summed E-state index contributed by atoms with van der Waals surface area (Å²) in [5.41, 5.74) is 4.05. The van der Waals surface area contributed by atoms with Crippen LogP contribution in [0, 0.1) is 12.7 Å². The number of methoxy groups -OCH3 is 1. The summed E-state index contributed by atoms with van der Waals surface area (Å²) in [6.45, 7) is 1.40. The molecule has 1 amide bonds. The summed E-state index contributed by atoms with van der Waals surface area (Å²) in [6, 6.07) is 3.84. The van der Waals surface area contributed by atoms with Crippen molar-refractivity contribution in [2.75, 3.05) is 20.3 Å². The molecule has 0 bridgehead atoms. The van der Waals surface area contributed by atoms with Gasteiger partial charge in [-0.2, -0.15) is 4.31 Å². The lowest BCUT2D eigenvalue weighted by Crippen LogP contribution is -2.58. The zero-order chi connectivity index (χ0) is 16.5. The third kappa shape index (κ3) is 2.51. The number of carbonyl (C=O) groups is 1. The van der Waals surface area contributed by atoms with Gasteiger partial charge in [-0.25, -0.2) is 12.8 Å². The molecule has 1 aliphatic heterocycles. The average Bonchev–Trinajstić information content (AvgIpc) is 2.88. The normalized spacial score (nSPS) is 22.9. The molecule has 1 fully saturated rings. The highest BCUT2D eigenvalue weighted by Gasteiger charge is 2.52. The maximum atomic E-state index is 13.7. The number of carbonyl (C=O) groups excluding carboxylic acids is 1. The number of primary amides is 1. The summed E-state index contributed by atoms with van der Waals surface area (Å²) in [6.07, 6.45) is 0.768. The molecule has 122 valence electrons. The van der Waals surface area contributed by atoms with Crippen LogP contribution in [0.25, 0.3) is 0 Å². The molecule has 0 aromatic heterocycles. The van der Waals surface area contributed by atoms with Crippen LogP contribution in [0.3, 0.4) is 0 Å². The Morgan fingerprint density at radius 3 is 2.77 bits per heavy atom.